The Morgan fingerprint density at radius 3 is 2.32 bits per heavy atom. The summed E-state index contributed by atoms with van der Waals surface area (Å²) in [6.07, 6.45) is 2.85. The molecular weight excluding hydrogens is 455 g/mol. The minimum absolute atomic E-state index is 0.0708. The van der Waals surface area contributed by atoms with Gasteiger partial charge < -0.3 is 4.90 Å². The fourth-order valence-corrected chi connectivity index (χ4v) is 5.55. The second-order valence-corrected chi connectivity index (χ2v) is 10.7. The molecule has 4 rings (SSSR count). The summed E-state index contributed by atoms with van der Waals surface area (Å²) >= 11 is 0. The van der Waals surface area contributed by atoms with Gasteiger partial charge in [-0.25, -0.2) is 17.5 Å². The Kier molecular flexibility index (Phi) is 7.57. The van der Waals surface area contributed by atoms with Crippen molar-refractivity contribution in [1.29, 1.82) is 0 Å². The molecule has 1 atom stereocenters. The molecule has 0 spiro atoms. The predicted molar refractivity (Wildman–Crippen MR) is 129 cm³/mol. The molecule has 3 aromatic rings. The lowest BCUT2D eigenvalue weighted by molar-refractivity contribution is 0.163. The maximum absolute atomic E-state index is 13.3. The average molecular weight is 487 g/mol. The van der Waals surface area contributed by atoms with Crippen molar-refractivity contribution in [3.05, 3.63) is 65.7 Å². The van der Waals surface area contributed by atoms with Crippen molar-refractivity contribution >= 4 is 15.5 Å². The van der Waals surface area contributed by atoms with Crippen molar-refractivity contribution in [3.8, 4) is 0 Å². The first-order valence-electron chi connectivity index (χ1n) is 11.7. The van der Waals surface area contributed by atoms with Gasteiger partial charge in [-0.05, 0) is 60.2 Å². The summed E-state index contributed by atoms with van der Waals surface area (Å²) in [5.74, 6) is 0.0464. The van der Waals surface area contributed by atoms with Crippen LogP contribution in [0, 0.1) is 12.7 Å². The van der Waals surface area contributed by atoms with Crippen LogP contribution in [0.2, 0.25) is 0 Å². The summed E-state index contributed by atoms with van der Waals surface area (Å²) in [4.78, 5) is 4.83. The third-order valence-corrected chi connectivity index (χ3v) is 7.88. The summed E-state index contributed by atoms with van der Waals surface area (Å²) in [6.45, 7) is 7.19. The number of halogens is 1. The van der Waals surface area contributed by atoms with E-state index in [1.807, 2.05) is 6.92 Å². The second-order valence-electron chi connectivity index (χ2n) is 8.75. The number of aromatic nitrogens is 4. The number of unbranched alkanes of at least 4 members (excludes halogenated alkanes) is 1. The molecule has 8 nitrogen and oxygen atoms in total. The van der Waals surface area contributed by atoms with Crippen molar-refractivity contribution in [1.82, 2.24) is 25.1 Å². The first kappa shape index (κ1) is 24.3. The highest BCUT2D eigenvalue weighted by atomic mass is 32.2. The molecule has 0 amide bonds. The number of aryl methyl sites for hydroxylation is 1. The number of nitrogens with zero attached hydrogens (tertiary/aromatic N) is 6. The molecule has 182 valence electrons. The van der Waals surface area contributed by atoms with Crippen LogP contribution in [-0.4, -0.2) is 59.7 Å². The SMILES string of the molecule is CCCC[C@@H](c1nnnn1CS(=O)(=O)c1ccc(C)cc1)N1CCN(c2ccc(F)cc2)CC1. The summed E-state index contributed by atoms with van der Waals surface area (Å²) in [5, 5.41) is 12.1. The molecule has 1 fully saturated rings. The minimum atomic E-state index is -3.59. The molecule has 1 aromatic heterocycles. The summed E-state index contributed by atoms with van der Waals surface area (Å²) < 4.78 is 40.8. The van der Waals surface area contributed by atoms with E-state index in [1.54, 1.807) is 36.4 Å². The Labute approximate surface area is 200 Å². The third-order valence-electron chi connectivity index (χ3n) is 6.31. The number of anilines is 1. The van der Waals surface area contributed by atoms with Gasteiger partial charge in [-0.3, -0.25) is 4.90 Å². The van der Waals surface area contributed by atoms with Gasteiger partial charge in [0.1, 0.15) is 5.82 Å². The second kappa shape index (κ2) is 10.6. The lowest BCUT2D eigenvalue weighted by Crippen LogP contribution is -2.48. The Bertz CT molecular complexity index is 1170. The van der Waals surface area contributed by atoms with E-state index in [0.717, 1.165) is 56.7 Å². The van der Waals surface area contributed by atoms with Gasteiger partial charge in [-0.15, -0.1) is 5.10 Å². The van der Waals surface area contributed by atoms with Crippen LogP contribution in [0.5, 0.6) is 0 Å². The van der Waals surface area contributed by atoms with Gasteiger partial charge in [0, 0.05) is 31.9 Å². The van der Waals surface area contributed by atoms with Gasteiger partial charge in [0.05, 0.1) is 10.9 Å². The molecule has 0 aliphatic carbocycles. The zero-order chi connectivity index (χ0) is 24.1. The number of tetrazole rings is 1. The maximum Gasteiger partial charge on any atom is 0.198 e. The monoisotopic (exact) mass is 486 g/mol. The van der Waals surface area contributed by atoms with Crippen LogP contribution < -0.4 is 4.90 Å². The Morgan fingerprint density at radius 1 is 1.00 bits per heavy atom. The first-order chi connectivity index (χ1) is 16.4. The van der Waals surface area contributed by atoms with E-state index >= 15 is 0 Å². The van der Waals surface area contributed by atoms with Crippen LogP contribution in [0.15, 0.2) is 53.4 Å². The van der Waals surface area contributed by atoms with E-state index in [-0.39, 0.29) is 22.6 Å². The number of hydrogen-bond donors (Lipinski definition) is 0. The topological polar surface area (TPSA) is 84.2 Å². The standard InChI is InChI=1S/C24H31FN6O2S/c1-3-4-5-23(30-16-14-29(15-17-30)21-10-8-20(25)9-11-21)24-26-27-28-31(24)18-34(32,33)22-12-6-19(2)7-13-22/h6-13,23H,3-5,14-18H2,1-2H3/t23-/m0/s1. The Balaban J connectivity index is 1.51. The molecule has 1 aliphatic rings. The largest absolute Gasteiger partial charge is 0.369 e. The fraction of sp³-hybridized carbons (Fsp3) is 0.458. The molecule has 0 radical (unpaired) electrons. The maximum atomic E-state index is 13.3. The van der Waals surface area contributed by atoms with E-state index in [9.17, 15) is 12.8 Å². The van der Waals surface area contributed by atoms with Gasteiger partial charge in [0.2, 0.25) is 0 Å². The normalized spacial score (nSPS) is 16.0. The van der Waals surface area contributed by atoms with Gasteiger partial charge in [-0.1, -0.05) is 37.5 Å². The molecule has 0 bridgehead atoms. The molecule has 0 unspecified atom stereocenters. The van der Waals surface area contributed by atoms with Crippen molar-refractivity contribution in [3.63, 3.8) is 0 Å². The molecule has 34 heavy (non-hydrogen) atoms. The highest BCUT2D eigenvalue weighted by Crippen LogP contribution is 2.28. The fourth-order valence-electron chi connectivity index (χ4n) is 4.34. The summed E-state index contributed by atoms with van der Waals surface area (Å²) in [7, 11) is -3.59. The summed E-state index contributed by atoms with van der Waals surface area (Å²) in [6, 6.07) is 13.3. The zero-order valence-electron chi connectivity index (χ0n) is 19.6. The minimum Gasteiger partial charge on any atom is -0.369 e. The average Bonchev–Trinajstić information content (AvgIpc) is 3.27. The predicted octanol–water partition coefficient (Wildman–Crippen LogP) is 3.61. The quantitative estimate of drug-likeness (QED) is 0.457. The molecule has 0 N–H and O–H groups in total. The van der Waals surface area contributed by atoms with Gasteiger partial charge in [0.25, 0.3) is 0 Å². The van der Waals surface area contributed by atoms with E-state index in [2.05, 4.69) is 32.2 Å². The first-order valence-corrected chi connectivity index (χ1v) is 13.3. The van der Waals surface area contributed by atoms with Crippen molar-refractivity contribution in [2.75, 3.05) is 31.1 Å². The summed E-state index contributed by atoms with van der Waals surface area (Å²) in [5.41, 5.74) is 2.00. The van der Waals surface area contributed by atoms with Gasteiger partial charge in [-0.2, -0.15) is 0 Å². The number of piperazine rings is 1. The molecule has 1 aliphatic heterocycles. The molecule has 2 heterocycles. The third kappa shape index (κ3) is 5.61. The van der Waals surface area contributed by atoms with Crippen molar-refractivity contribution < 1.29 is 12.8 Å². The van der Waals surface area contributed by atoms with E-state index in [0.29, 0.717) is 5.82 Å². The van der Waals surface area contributed by atoms with Gasteiger partial charge >= 0.3 is 0 Å². The van der Waals surface area contributed by atoms with Crippen LogP contribution in [0.25, 0.3) is 0 Å². The smallest absolute Gasteiger partial charge is 0.198 e. The number of hydrogen-bond acceptors (Lipinski definition) is 7. The van der Waals surface area contributed by atoms with E-state index in [4.69, 9.17) is 0 Å². The van der Waals surface area contributed by atoms with Crippen LogP contribution in [0.3, 0.4) is 0 Å². The highest BCUT2D eigenvalue weighted by molar-refractivity contribution is 7.90. The Morgan fingerprint density at radius 2 is 1.68 bits per heavy atom. The van der Waals surface area contributed by atoms with Crippen LogP contribution in [-0.2, 0) is 15.7 Å². The lowest BCUT2D eigenvalue weighted by Gasteiger charge is -2.39. The number of benzene rings is 2. The van der Waals surface area contributed by atoms with Crippen LogP contribution in [0.4, 0.5) is 10.1 Å². The number of sulfone groups is 1. The molecule has 2 aromatic carbocycles. The molecule has 1 saturated heterocycles. The van der Waals surface area contributed by atoms with Crippen molar-refractivity contribution in [2.24, 2.45) is 0 Å². The van der Waals surface area contributed by atoms with Crippen molar-refractivity contribution in [2.45, 2.75) is 49.9 Å². The number of rotatable bonds is 9. The van der Waals surface area contributed by atoms with Crippen LogP contribution in [0.1, 0.15) is 43.6 Å². The molecule has 0 saturated carbocycles. The zero-order valence-corrected chi connectivity index (χ0v) is 20.5. The van der Waals surface area contributed by atoms with Crippen LogP contribution >= 0.6 is 0 Å². The van der Waals surface area contributed by atoms with E-state index in [1.165, 1.54) is 16.8 Å². The molecular formula is C24H31FN6O2S. The van der Waals surface area contributed by atoms with E-state index < -0.39 is 9.84 Å². The highest BCUT2D eigenvalue weighted by Gasteiger charge is 2.30. The molecule has 10 heteroatoms. The Hall–Kier alpha value is -2.85. The van der Waals surface area contributed by atoms with Gasteiger partial charge in [0.15, 0.2) is 21.5 Å². The lowest BCUT2D eigenvalue weighted by atomic mass is 10.1.